The number of hydrogen-bond donors (Lipinski definition) is 1. The highest BCUT2D eigenvalue weighted by molar-refractivity contribution is 5.98. The summed E-state index contributed by atoms with van der Waals surface area (Å²) in [5, 5.41) is 11.4. The van der Waals surface area contributed by atoms with Gasteiger partial charge in [-0.15, -0.1) is 0 Å². The number of pyridine rings is 1. The highest BCUT2D eigenvalue weighted by Crippen LogP contribution is 2.42. The summed E-state index contributed by atoms with van der Waals surface area (Å²) in [5.74, 6) is 0.846. The SMILES string of the molecule is Cc1ccc(-c2ccnc(-c3cc(-c4ccccc4)cc(-c4cccc5c4nc(-c4ccccc4O)n5-c4ccc(C(C)(C)C)cc4-c4ccccc4)c3)c2)cc1. The summed E-state index contributed by atoms with van der Waals surface area (Å²) < 4.78 is 2.22. The molecule has 0 aliphatic heterocycles. The molecule has 276 valence electrons. The Bertz CT molecular complexity index is 2880. The van der Waals surface area contributed by atoms with Gasteiger partial charge >= 0.3 is 0 Å². The first-order valence-electron chi connectivity index (χ1n) is 19.5. The number of aromatic nitrogens is 3. The minimum Gasteiger partial charge on any atom is -0.507 e. The largest absolute Gasteiger partial charge is 0.507 e. The second-order valence-corrected chi connectivity index (χ2v) is 15.8. The van der Waals surface area contributed by atoms with Crippen LogP contribution < -0.4 is 0 Å². The molecule has 0 fully saturated rings. The third kappa shape index (κ3) is 6.91. The molecule has 0 aliphatic carbocycles. The molecule has 2 heterocycles. The lowest BCUT2D eigenvalue weighted by atomic mass is 9.85. The molecule has 4 nitrogen and oxygen atoms in total. The Hall–Kier alpha value is -7.04. The number of aryl methyl sites for hydroxylation is 1. The number of rotatable bonds is 7. The Labute approximate surface area is 334 Å². The minimum absolute atomic E-state index is 0.0528. The standard InChI is InChI=1S/C53H43N3O/c1-35-22-24-37(25-23-35)39-28-29-54-47(33-39)42-31-40(36-14-7-5-8-15-36)30-41(32-42)44-19-13-20-49-51(44)55-52(45-18-11-12-21-50(45)57)56(49)48-27-26-43(53(2,3)4)34-46(48)38-16-9-6-10-17-38/h5-34,57H,1-4H3. The quantitative estimate of drug-likeness (QED) is 0.177. The van der Waals surface area contributed by atoms with Crippen molar-refractivity contribution in [2.24, 2.45) is 0 Å². The van der Waals surface area contributed by atoms with Gasteiger partial charge in [-0.05, 0) is 112 Å². The summed E-state index contributed by atoms with van der Waals surface area (Å²) in [4.78, 5) is 10.4. The zero-order valence-electron chi connectivity index (χ0n) is 32.6. The maximum Gasteiger partial charge on any atom is 0.149 e. The normalized spacial score (nSPS) is 11.6. The number of para-hydroxylation sites is 2. The van der Waals surface area contributed by atoms with E-state index in [4.69, 9.17) is 9.97 Å². The van der Waals surface area contributed by atoms with Crippen molar-refractivity contribution in [2.45, 2.75) is 33.1 Å². The van der Waals surface area contributed by atoms with Crippen molar-refractivity contribution in [1.29, 1.82) is 0 Å². The van der Waals surface area contributed by atoms with Crippen molar-refractivity contribution in [2.75, 3.05) is 0 Å². The van der Waals surface area contributed by atoms with Crippen LogP contribution in [-0.2, 0) is 5.41 Å². The van der Waals surface area contributed by atoms with Crippen LogP contribution in [0.3, 0.4) is 0 Å². The predicted molar refractivity (Wildman–Crippen MR) is 237 cm³/mol. The molecule has 0 atom stereocenters. The van der Waals surface area contributed by atoms with E-state index in [2.05, 4.69) is 178 Å². The van der Waals surface area contributed by atoms with Gasteiger partial charge in [-0.25, -0.2) is 4.98 Å². The summed E-state index contributed by atoms with van der Waals surface area (Å²) in [6, 6.07) is 61.2. The molecular formula is C53H43N3O. The number of aromatic hydroxyl groups is 1. The Kier molecular flexibility index (Phi) is 9.10. The molecule has 0 amide bonds. The van der Waals surface area contributed by atoms with Crippen LogP contribution in [0.5, 0.6) is 5.75 Å². The van der Waals surface area contributed by atoms with E-state index in [0.29, 0.717) is 11.4 Å². The molecule has 57 heavy (non-hydrogen) atoms. The van der Waals surface area contributed by atoms with Crippen LogP contribution in [0.15, 0.2) is 182 Å². The van der Waals surface area contributed by atoms with Gasteiger partial charge in [0.25, 0.3) is 0 Å². The predicted octanol–water partition coefficient (Wildman–Crippen LogP) is 13.7. The molecule has 0 aliphatic rings. The number of imidazole rings is 1. The average molecular weight is 738 g/mol. The molecule has 9 aromatic rings. The van der Waals surface area contributed by atoms with Gasteiger partial charge in [0.05, 0.1) is 28.0 Å². The molecule has 2 aromatic heterocycles. The van der Waals surface area contributed by atoms with Gasteiger partial charge in [-0.3, -0.25) is 9.55 Å². The van der Waals surface area contributed by atoms with E-state index in [1.54, 1.807) is 6.07 Å². The molecule has 0 radical (unpaired) electrons. The average Bonchev–Trinajstić information content (AvgIpc) is 3.63. The summed E-state index contributed by atoms with van der Waals surface area (Å²) >= 11 is 0. The van der Waals surface area contributed by atoms with Crippen LogP contribution in [0.25, 0.3) is 83.9 Å². The first kappa shape index (κ1) is 35.6. The molecular weight excluding hydrogens is 695 g/mol. The molecule has 9 rings (SSSR count). The zero-order chi connectivity index (χ0) is 39.1. The van der Waals surface area contributed by atoms with Gasteiger partial charge in [0.2, 0.25) is 0 Å². The van der Waals surface area contributed by atoms with E-state index >= 15 is 0 Å². The van der Waals surface area contributed by atoms with Gasteiger partial charge in [0, 0.05) is 22.9 Å². The molecule has 4 heteroatoms. The van der Waals surface area contributed by atoms with Crippen molar-refractivity contribution in [3.8, 4) is 78.6 Å². The number of phenols is 1. The Morgan fingerprint density at radius 1 is 0.491 bits per heavy atom. The Balaban J connectivity index is 1.30. The fraction of sp³-hybridized carbons (Fsp3) is 0.0943. The highest BCUT2D eigenvalue weighted by atomic mass is 16.3. The summed E-state index contributed by atoms with van der Waals surface area (Å²) in [7, 11) is 0. The van der Waals surface area contributed by atoms with Crippen molar-refractivity contribution in [1.82, 2.24) is 14.5 Å². The molecule has 0 spiro atoms. The minimum atomic E-state index is -0.0528. The van der Waals surface area contributed by atoms with Crippen molar-refractivity contribution in [3.05, 3.63) is 193 Å². The fourth-order valence-electron chi connectivity index (χ4n) is 7.71. The van der Waals surface area contributed by atoms with E-state index in [0.717, 1.165) is 72.5 Å². The lowest BCUT2D eigenvalue weighted by molar-refractivity contribution is 0.477. The first-order chi connectivity index (χ1) is 27.7. The molecule has 0 bridgehead atoms. The number of nitrogens with zero attached hydrogens (tertiary/aromatic N) is 3. The molecule has 7 aromatic carbocycles. The van der Waals surface area contributed by atoms with E-state index in [9.17, 15) is 5.11 Å². The number of benzene rings is 7. The van der Waals surface area contributed by atoms with Crippen LogP contribution in [0.1, 0.15) is 31.9 Å². The van der Waals surface area contributed by atoms with Gasteiger partial charge in [0.15, 0.2) is 0 Å². The zero-order valence-corrected chi connectivity index (χ0v) is 32.6. The van der Waals surface area contributed by atoms with Gasteiger partial charge in [-0.1, -0.05) is 142 Å². The lowest BCUT2D eigenvalue weighted by Crippen LogP contribution is -2.12. The fourth-order valence-corrected chi connectivity index (χ4v) is 7.71. The number of hydrogen-bond acceptors (Lipinski definition) is 3. The monoisotopic (exact) mass is 737 g/mol. The number of fused-ring (bicyclic) bond motifs is 1. The molecule has 0 saturated carbocycles. The lowest BCUT2D eigenvalue weighted by Gasteiger charge is -2.23. The van der Waals surface area contributed by atoms with Crippen LogP contribution in [0.2, 0.25) is 0 Å². The second-order valence-electron chi connectivity index (χ2n) is 15.8. The molecule has 1 N–H and O–H groups in total. The van der Waals surface area contributed by atoms with Crippen LogP contribution in [0, 0.1) is 6.92 Å². The second kappa shape index (κ2) is 14.6. The van der Waals surface area contributed by atoms with Crippen molar-refractivity contribution in [3.63, 3.8) is 0 Å². The topological polar surface area (TPSA) is 50.9 Å². The van der Waals surface area contributed by atoms with Gasteiger partial charge < -0.3 is 5.11 Å². The first-order valence-corrected chi connectivity index (χ1v) is 19.5. The summed E-state index contributed by atoms with van der Waals surface area (Å²) in [5.41, 5.74) is 16.5. The molecule has 0 saturated heterocycles. The third-order valence-corrected chi connectivity index (χ3v) is 10.8. The van der Waals surface area contributed by atoms with E-state index in [1.807, 2.05) is 30.5 Å². The third-order valence-electron chi connectivity index (χ3n) is 10.8. The van der Waals surface area contributed by atoms with Gasteiger partial charge in [0.1, 0.15) is 11.6 Å². The van der Waals surface area contributed by atoms with Crippen molar-refractivity contribution >= 4 is 11.0 Å². The van der Waals surface area contributed by atoms with Gasteiger partial charge in [-0.2, -0.15) is 0 Å². The van der Waals surface area contributed by atoms with Crippen molar-refractivity contribution < 1.29 is 5.11 Å². The Morgan fingerprint density at radius 2 is 1.14 bits per heavy atom. The number of phenolic OH excluding ortho intramolecular Hbond substituents is 1. The maximum atomic E-state index is 11.4. The van der Waals surface area contributed by atoms with E-state index in [1.165, 1.54) is 11.1 Å². The van der Waals surface area contributed by atoms with Crippen LogP contribution in [-0.4, -0.2) is 19.6 Å². The smallest absolute Gasteiger partial charge is 0.149 e. The summed E-state index contributed by atoms with van der Waals surface area (Å²) in [6.07, 6.45) is 1.90. The van der Waals surface area contributed by atoms with E-state index in [-0.39, 0.29) is 11.2 Å². The van der Waals surface area contributed by atoms with E-state index < -0.39 is 0 Å². The Morgan fingerprint density at radius 3 is 1.88 bits per heavy atom. The maximum absolute atomic E-state index is 11.4. The van der Waals surface area contributed by atoms with Crippen LogP contribution >= 0.6 is 0 Å². The highest BCUT2D eigenvalue weighted by Gasteiger charge is 2.24. The summed E-state index contributed by atoms with van der Waals surface area (Å²) in [6.45, 7) is 8.85. The van der Waals surface area contributed by atoms with Crippen LogP contribution in [0.4, 0.5) is 0 Å². The molecule has 0 unspecified atom stereocenters.